The van der Waals surface area contributed by atoms with Gasteiger partial charge >= 0.3 is 5.97 Å². The van der Waals surface area contributed by atoms with Crippen LogP contribution in [0.5, 0.6) is 0 Å². The Labute approximate surface area is 122 Å². The van der Waals surface area contributed by atoms with E-state index in [9.17, 15) is 9.90 Å². The van der Waals surface area contributed by atoms with E-state index < -0.39 is 5.97 Å². The summed E-state index contributed by atoms with van der Waals surface area (Å²) in [4.78, 5) is 13.3. The zero-order valence-corrected chi connectivity index (χ0v) is 12.6. The molecule has 0 atom stereocenters. The largest absolute Gasteiger partial charge is 0.478 e. The van der Waals surface area contributed by atoms with Crippen LogP contribution in [-0.4, -0.2) is 35.3 Å². The molecule has 1 aliphatic heterocycles. The summed E-state index contributed by atoms with van der Waals surface area (Å²) in [6.45, 7) is 3.60. The quantitative estimate of drug-likeness (QED) is 0.838. The van der Waals surface area contributed by atoms with Crippen LogP contribution in [0.2, 0.25) is 0 Å². The summed E-state index contributed by atoms with van der Waals surface area (Å²) >= 11 is 3.27. The summed E-state index contributed by atoms with van der Waals surface area (Å²) in [5.74, 6) is 0.0529. The van der Waals surface area contributed by atoms with Crippen LogP contribution in [0.15, 0.2) is 28.0 Å². The van der Waals surface area contributed by atoms with Crippen molar-refractivity contribution in [1.82, 2.24) is 0 Å². The maximum atomic E-state index is 11.5. The number of carboxylic acid groups (broad SMARTS) is 1. The van der Waals surface area contributed by atoms with Gasteiger partial charge in [-0.25, -0.2) is 4.79 Å². The van der Waals surface area contributed by atoms with Crippen molar-refractivity contribution in [1.29, 1.82) is 0 Å². The van der Waals surface area contributed by atoms with E-state index in [1.165, 1.54) is 0 Å². The first kappa shape index (κ1) is 14.8. The second-order valence-corrected chi connectivity index (χ2v) is 6.95. The molecule has 0 amide bonds. The third-order valence-corrected chi connectivity index (χ3v) is 5.30. The van der Waals surface area contributed by atoms with Crippen molar-refractivity contribution in [2.75, 3.05) is 19.0 Å². The highest BCUT2D eigenvalue weighted by molar-refractivity contribution is 8.00. The molecule has 1 saturated heterocycles. The van der Waals surface area contributed by atoms with Crippen LogP contribution in [0.1, 0.15) is 30.1 Å². The third-order valence-electron chi connectivity index (χ3n) is 2.96. The smallest absolute Gasteiger partial charge is 0.337 e. The first-order valence-electron chi connectivity index (χ1n) is 6.46. The number of thioether (sulfide) groups is 2. The van der Waals surface area contributed by atoms with Crippen molar-refractivity contribution in [3.8, 4) is 0 Å². The minimum absolute atomic E-state index is 0.464. The predicted octanol–water partition coefficient (Wildman–Crippen LogP) is 3.77. The molecule has 1 aliphatic rings. The Morgan fingerprint density at radius 1 is 1.37 bits per heavy atom. The third kappa shape index (κ3) is 3.91. The Kier molecular flexibility index (Phi) is 5.60. The molecule has 1 fully saturated rings. The first-order chi connectivity index (χ1) is 9.22. The molecular weight excluding hydrogens is 280 g/mol. The fraction of sp³-hybridized carbons (Fsp3) is 0.500. The van der Waals surface area contributed by atoms with Crippen LogP contribution in [-0.2, 0) is 4.74 Å². The Balaban J connectivity index is 2.22. The van der Waals surface area contributed by atoms with Gasteiger partial charge in [0.2, 0.25) is 0 Å². The topological polar surface area (TPSA) is 46.5 Å². The van der Waals surface area contributed by atoms with Gasteiger partial charge in [0.1, 0.15) is 0 Å². The zero-order chi connectivity index (χ0) is 13.7. The Bertz CT molecular complexity index is 442. The second-order valence-electron chi connectivity index (χ2n) is 4.30. The normalized spacial score (nSPS) is 16.5. The van der Waals surface area contributed by atoms with E-state index in [0.29, 0.717) is 10.8 Å². The average Bonchev–Trinajstić information content (AvgIpc) is 2.40. The van der Waals surface area contributed by atoms with Crippen molar-refractivity contribution in [3.05, 3.63) is 23.8 Å². The highest BCUT2D eigenvalue weighted by Crippen LogP contribution is 2.36. The van der Waals surface area contributed by atoms with Crippen LogP contribution in [0, 0.1) is 0 Å². The van der Waals surface area contributed by atoms with Gasteiger partial charge in [-0.05, 0) is 30.7 Å². The highest BCUT2D eigenvalue weighted by Gasteiger charge is 2.21. The number of hydrogen-bond acceptors (Lipinski definition) is 4. The molecule has 0 aromatic heterocycles. The van der Waals surface area contributed by atoms with Gasteiger partial charge < -0.3 is 9.84 Å². The first-order valence-corrected chi connectivity index (χ1v) is 8.32. The lowest BCUT2D eigenvalue weighted by atomic mass is 10.2. The number of aromatic carboxylic acids is 1. The maximum Gasteiger partial charge on any atom is 0.337 e. The predicted molar refractivity (Wildman–Crippen MR) is 79.5 cm³/mol. The van der Waals surface area contributed by atoms with E-state index in [1.807, 2.05) is 25.1 Å². The standard InChI is InChI=1S/C14H18O3S2/c1-2-18-11-4-3-5-12(13(11)14(15)16)19-10-6-8-17-9-7-10/h3-5,10H,2,6-9H2,1H3,(H,15,16). The van der Waals surface area contributed by atoms with E-state index in [2.05, 4.69) is 0 Å². The maximum absolute atomic E-state index is 11.5. The number of hydrogen-bond donors (Lipinski definition) is 1. The summed E-state index contributed by atoms with van der Waals surface area (Å²) in [6, 6.07) is 5.76. The van der Waals surface area contributed by atoms with E-state index in [4.69, 9.17) is 4.74 Å². The molecule has 0 bridgehead atoms. The molecule has 2 rings (SSSR count). The summed E-state index contributed by atoms with van der Waals surface area (Å²) < 4.78 is 5.34. The van der Waals surface area contributed by atoms with E-state index >= 15 is 0 Å². The van der Waals surface area contributed by atoms with Crippen LogP contribution in [0.4, 0.5) is 0 Å². The van der Waals surface area contributed by atoms with Crippen molar-refractivity contribution >= 4 is 29.5 Å². The molecular formula is C14H18O3S2. The number of rotatable bonds is 5. The molecule has 1 aromatic carbocycles. The number of carboxylic acids is 1. The lowest BCUT2D eigenvalue weighted by Crippen LogP contribution is -2.17. The van der Waals surface area contributed by atoms with Gasteiger partial charge in [-0.1, -0.05) is 13.0 Å². The van der Waals surface area contributed by atoms with Gasteiger partial charge in [-0.2, -0.15) is 0 Å². The Morgan fingerprint density at radius 3 is 2.68 bits per heavy atom. The monoisotopic (exact) mass is 298 g/mol. The van der Waals surface area contributed by atoms with Crippen LogP contribution < -0.4 is 0 Å². The summed E-state index contributed by atoms with van der Waals surface area (Å²) in [6.07, 6.45) is 1.99. The number of carbonyl (C=O) groups is 1. The zero-order valence-electron chi connectivity index (χ0n) is 10.9. The van der Waals surface area contributed by atoms with Gasteiger partial charge in [-0.15, -0.1) is 23.5 Å². The summed E-state index contributed by atoms with van der Waals surface area (Å²) in [5, 5.41) is 9.92. The fourth-order valence-electron chi connectivity index (χ4n) is 2.07. The molecule has 0 aliphatic carbocycles. The van der Waals surface area contributed by atoms with Gasteiger partial charge in [0, 0.05) is 28.3 Å². The van der Waals surface area contributed by atoms with Crippen LogP contribution >= 0.6 is 23.5 Å². The molecule has 0 spiro atoms. The number of ether oxygens (including phenoxy) is 1. The van der Waals surface area contributed by atoms with Crippen LogP contribution in [0.3, 0.4) is 0 Å². The average molecular weight is 298 g/mol. The molecule has 1 aromatic rings. The molecule has 1 N–H and O–H groups in total. The van der Waals surface area contributed by atoms with Gasteiger partial charge in [0.05, 0.1) is 5.56 Å². The fourth-order valence-corrected chi connectivity index (χ4v) is 4.22. The minimum Gasteiger partial charge on any atom is -0.478 e. The van der Waals surface area contributed by atoms with E-state index in [-0.39, 0.29) is 0 Å². The number of benzene rings is 1. The Morgan fingerprint density at radius 2 is 2.05 bits per heavy atom. The second kappa shape index (κ2) is 7.22. The molecule has 0 saturated carbocycles. The molecule has 0 unspecified atom stereocenters. The van der Waals surface area contributed by atoms with Gasteiger partial charge in [0.25, 0.3) is 0 Å². The van der Waals surface area contributed by atoms with Crippen molar-refractivity contribution in [2.24, 2.45) is 0 Å². The molecule has 1 heterocycles. The minimum atomic E-state index is -0.828. The SMILES string of the molecule is CCSc1cccc(SC2CCOCC2)c1C(=O)O. The molecule has 19 heavy (non-hydrogen) atoms. The molecule has 0 radical (unpaired) electrons. The van der Waals surface area contributed by atoms with Gasteiger partial charge in [0.15, 0.2) is 0 Å². The van der Waals surface area contributed by atoms with Gasteiger partial charge in [-0.3, -0.25) is 0 Å². The van der Waals surface area contributed by atoms with E-state index in [1.54, 1.807) is 23.5 Å². The van der Waals surface area contributed by atoms with Crippen molar-refractivity contribution in [2.45, 2.75) is 34.8 Å². The molecule has 3 nitrogen and oxygen atoms in total. The summed E-state index contributed by atoms with van der Waals surface area (Å²) in [5.41, 5.74) is 0.464. The Hall–Kier alpha value is -0.650. The lowest BCUT2D eigenvalue weighted by Gasteiger charge is -2.22. The summed E-state index contributed by atoms with van der Waals surface area (Å²) in [7, 11) is 0. The van der Waals surface area contributed by atoms with Crippen molar-refractivity contribution < 1.29 is 14.6 Å². The molecule has 104 valence electrons. The van der Waals surface area contributed by atoms with Crippen molar-refractivity contribution in [3.63, 3.8) is 0 Å². The highest BCUT2D eigenvalue weighted by atomic mass is 32.2. The van der Waals surface area contributed by atoms with E-state index in [0.717, 1.165) is 41.6 Å². The molecule has 5 heteroatoms. The lowest BCUT2D eigenvalue weighted by molar-refractivity contribution is 0.0689. The van der Waals surface area contributed by atoms with Crippen LogP contribution in [0.25, 0.3) is 0 Å².